The van der Waals surface area contributed by atoms with E-state index in [1.165, 1.54) is 20.3 Å². The van der Waals surface area contributed by atoms with Gasteiger partial charge in [-0.15, -0.1) is 0 Å². The fraction of sp³-hybridized carbons (Fsp3) is 0.867. The van der Waals surface area contributed by atoms with Gasteiger partial charge in [0, 0.05) is 10.8 Å². The van der Waals surface area contributed by atoms with Crippen molar-refractivity contribution in [2.45, 2.75) is 104 Å². The molecule has 248 valence electrons. The van der Waals surface area contributed by atoms with Gasteiger partial charge in [-0.2, -0.15) is 4.99 Å². The maximum atomic E-state index is 11.8. The van der Waals surface area contributed by atoms with Gasteiger partial charge in [0.05, 0.1) is 53.0 Å². The Morgan fingerprint density at radius 2 is 1.10 bits per heavy atom. The van der Waals surface area contributed by atoms with Crippen LogP contribution in [0.4, 0.5) is 0 Å². The molecule has 0 unspecified atom stereocenters. The van der Waals surface area contributed by atoms with E-state index in [0.29, 0.717) is 0 Å². The summed E-state index contributed by atoms with van der Waals surface area (Å²) < 4.78 is 14.3. The molecule has 0 rings (SSSR count). The fourth-order valence-electron chi connectivity index (χ4n) is 2.25. The lowest BCUT2D eigenvalue weighted by Crippen LogP contribution is -2.33. The number of hydrogen-bond donors (Lipinski definition) is 3. The molecule has 11 nitrogen and oxygen atoms in total. The van der Waals surface area contributed by atoms with Crippen molar-refractivity contribution in [3.63, 3.8) is 0 Å². The number of aliphatic hydroxyl groups excluding tert-OH is 3. The van der Waals surface area contributed by atoms with E-state index in [1.54, 1.807) is 48.5 Å². The summed E-state index contributed by atoms with van der Waals surface area (Å²) in [6.07, 6.45) is 1.35. The van der Waals surface area contributed by atoms with Crippen molar-refractivity contribution in [2.24, 2.45) is 32.6 Å². The SMILES string of the molecule is C.C.C.CC(C)(CO)CO.COC(=O)[C@@H](CC(=O)OCC(C)(C)CO)C(C)(C)C.COC(=O)[C@@H](N=C=O)C(C)(C)C. The van der Waals surface area contributed by atoms with E-state index in [4.69, 9.17) is 24.8 Å². The molecule has 0 saturated heterocycles. The average Bonchev–Trinajstić information content (AvgIpc) is 2.83. The third kappa shape index (κ3) is 25.1. The number of aliphatic imine (C=N–C) groups is 1. The molecule has 0 aromatic heterocycles. The van der Waals surface area contributed by atoms with Gasteiger partial charge in [0.2, 0.25) is 6.08 Å². The van der Waals surface area contributed by atoms with Crippen LogP contribution in [0.5, 0.6) is 0 Å². The van der Waals surface area contributed by atoms with Crippen LogP contribution in [0.1, 0.15) is 97.9 Å². The van der Waals surface area contributed by atoms with Crippen molar-refractivity contribution in [1.29, 1.82) is 0 Å². The molecule has 0 bridgehead atoms. The van der Waals surface area contributed by atoms with Crippen LogP contribution < -0.4 is 0 Å². The van der Waals surface area contributed by atoms with Gasteiger partial charge in [-0.3, -0.25) is 9.59 Å². The Hall–Kier alpha value is -2.33. The molecule has 0 aliphatic carbocycles. The van der Waals surface area contributed by atoms with Gasteiger partial charge >= 0.3 is 17.9 Å². The van der Waals surface area contributed by atoms with Crippen molar-refractivity contribution < 1.29 is 48.7 Å². The second-order valence-electron chi connectivity index (χ2n) is 12.6. The molecule has 0 fully saturated rings. The van der Waals surface area contributed by atoms with E-state index in [9.17, 15) is 19.2 Å². The summed E-state index contributed by atoms with van der Waals surface area (Å²) in [5.41, 5.74) is -1.57. The predicted octanol–water partition coefficient (Wildman–Crippen LogP) is 4.59. The Morgan fingerprint density at radius 3 is 1.34 bits per heavy atom. The van der Waals surface area contributed by atoms with E-state index in [0.717, 1.165) is 0 Å². The molecule has 2 atom stereocenters. The first-order valence-electron chi connectivity index (χ1n) is 12.3. The van der Waals surface area contributed by atoms with Crippen LogP contribution in [0.15, 0.2) is 4.99 Å². The highest BCUT2D eigenvalue weighted by atomic mass is 16.5. The number of methoxy groups -OCH3 is 2. The van der Waals surface area contributed by atoms with E-state index in [1.807, 2.05) is 20.8 Å². The third-order valence-electron chi connectivity index (χ3n) is 5.24. The lowest BCUT2D eigenvalue weighted by molar-refractivity contribution is -0.158. The van der Waals surface area contributed by atoms with E-state index < -0.39 is 40.7 Å². The number of rotatable bonds is 10. The predicted molar refractivity (Wildman–Crippen MR) is 163 cm³/mol. The van der Waals surface area contributed by atoms with Crippen molar-refractivity contribution in [3.05, 3.63) is 0 Å². The molecule has 0 saturated carbocycles. The highest BCUT2D eigenvalue weighted by Crippen LogP contribution is 2.30. The van der Waals surface area contributed by atoms with Crippen molar-refractivity contribution >= 4 is 24.0 Å². The first-order valence-corrected chi connectivity index (χ1v) is 12.3. The summed E-state index contributed by atoms with van der Waals surface area (Å²) in [5.74, 6) is -1.91. The summed E-state index contributed by atoms with van der Waals surface area (Å²) in [6, 6.07) is -0.764. The van der Waals surface area contributed by atoms with Gasteiger partial charge in [-0.05, 0) is 10.8 Å². The zero-order valence-electron chi connectivity index (χ0n) is 25.3. The minimum atomic E-state index is -0.764. The summed E-state index contributed by atoms with van der Waals surface area (Å²) in [7, 11) is 2.57. The number of isocyanates is 1. The van der Waals surface area contributed by atoms with Crippen LogP contribution in [0.3, 0.4) is 0 Å². The lowest BCUT2D eigenvalue weighted by atomic mass is 9.79. The second kappa shape index (κ2) is 23.3. The van der Waals surface area contributed by atoms with Gasteiger partial charge in [0.25, 0.3) is 0 Å². The summed E-state index contributed by atoms with van der Waals surface area (Å²) >= 11 is 0. The molecule has 0 spiro atoms. The number of ether oxygens (including phenoxy) is 3. The van der Waals surface area contributed by atoms with Crippen LogP contribution in [-0.4, -0.2) is 86.0 Å². The Morgan fingerprint density at radius 1 is 0.707 bits per heavy atom. The van der Waals surface area contributed by atoms with Crippen LogP contribution in [0, 0.1) is 27.6 Å². The maximum absolute atomic E-state index is 11.8. The molecule has 11 heteroatoms. The van der Waals surface area contributed by atoms with E-state index >= 15 is 0 Å². The molecular weight excluding hydrogens is 534 g/mol. The molecule has 0 aromatic rings. The largest absolute Gasteiger partial charge is 0.469 e. The fourth-order valence-corrected chi connectivity index (χ4v) is 2.25. The van der Waals surface area contributed by atoms with Crippen molar-refractivity contribution in [3.8, 4) is 0 Å². The smallest absolute Gasteiger partial charge is 0.332 e. The quantitative estimate of drug-likeness (QED) is 0.140. The number of carbonyl (C=O) groups excluding carboxylic acids is 4. The number of carbonyl (C=O) groups is 3. The Balaban J connectivity index is -0.000000120. The molecule has 0 amide bonds. The second-order valence-corrected chi connectivity index (χ2v) is 12.6. The molecule has 0 heterocycles. The zero-order chi connectivity index (χ0) is 31.0. The molecule has 3 N–H and O–H groups in total. The standard InChI is InChI=1S/C14H26O5.C8H13NO3.C5H12O2.3CH4/c1-13(2,3)10(12(17)18-6)7-11(16)19-9-14(4,5)8-15;1-8(2,3)6(9-5-10)7(11)12-4;1-5(2,3-6)4-7;;;/h10,15H,7-9H2,1-6H3;6H,1-4H3;6-7H,3-4H2,1-2H3;3*1H4/t10-;6-;;;;/m11..../s1. The first-order chi connectivity index (χ1) is 17.1. The van der Waals surface area contributed by atoms with E-state index in [-0.39, 0.29) is 66.0 Å². The van der Waals surface area contributed by atoms with Gasteiger partial charge in [-0.25, -0.2) is 9.59 Å². The van der Waals surface area contributed by atoms with Gasteiger partial charge in [0.15, 0.2) is 6.04 Å². The Labute approximate surface area is 250 Å². The lowest BCUT2D eigenvalue weighted by Gasteiger charge is -2.28. The van der Waals surface area contributed by atoms with Gasteiger partial charge in [0.1, 0.15) is 0 Å². The molecule has 0 radical (unpaired) electrons. The third-order valence-corrected chi connectivity index (χ3v) is 5.24. The van der Waals surface area contributed by atoms with Crippen LogP contribution in [-0.2, 0) is 33.4 Å². The first kappa shape index (κ1) is 51.4. The Kier molecular flexibility index (Phi) is 29.2. The maximum Gasteiger partial charge on any atom is 0.332 e. The molecule has 0 aliphatic rings. The zero-order valence-corrected chi connectivity index (χ0v) is 25.3. The minimum absolute atomic E-state index is 0. The minimum Gasteiger partial charge on any atom is -0.469 e. The Bertz CT molecular complexity index is 752. The average molecular weight is 598 g/mol. The number of aliphatic hydroxyl groups is 3. The van der Waals surface area contributed by atoms with Crippen LogP contribution in [0.25, 0.3) is 0 Å². The summed E-state index contributed by atoms with van der Waals surface area (Å²) in [5, 5.41) is 25.9. The molecule has 0 aromatic carbocycles. The van der Waals surface area contributed by atoms with Crippen LogP contribution in [0.2, 0.25) is 0 Å². The summed E-state index contributed by atoms with van der Waals surface area (Å²) in [4.78, 5) is 47.9. The van der Waals surface area contributed by atoms with Gasteiger partial charge in [-0.1, -0.05) is 91.5 Å². The summed E-state index contributed by atoms with van der Waals surface area (Å²) in [6.45, 7) is 18.4. The number of esters is 3. The van der Waals surface area contributed by atoms with Crippen LogP contribution >= 0.6 is 0 Å². The van der Waals surface area contributed by atoms with E-state index in [2.05, 4.69) is 9.73 Å². The monoisotopic (exact) mass is 597 g/mol. The van der Waals surface area contributed by atoms with Crippen molar-refractivity contribution in [1.82, 2.24) is 0 Å². The highest BCUT2D eigenvalue weighted by Gasteiger charge is 2.35. The van der Waals surface area contributed by atoms with Gasteiger partial charge < -0.3 is 29.5 Å². The molecule has 0 aliphatic heterocycles. The topological polar surface area (TPSA) is 169 Å². The number of hydrogen-bond acceptors (Lipinski definition) is 11. The van der Waals surface area contributed by atoms with Crippen molar-refractivity contribution in [2.75, 3.05) is 40.6 Å². The molecule has 41 heavy (non-hydrogen) atoms. The highest BCUT2D eigenvalue weighted by molar-refractivity contribution is 5.80. The number of nitrogens with zero attached hydrogens (tertiary/aromatic N) is 1. The normalized spacial score (nSPS) is 12.3. The molecular formula is C30H63NO10.